The van der Waals surface area contributed by atoms with Crippen molar-refractivity contribution >= 4 is 0 Å². The minimum Gasteiger partial charge on any atom is -0.393 e. The molecule has 0 amide bonds. The van der Waals surface area contributed by atoms with Gasteiger partial charge in [-0.25, -0.2) is 0 Å². The molecule has 3 N–H and O–H groups in total. The van der Waals surface area contributed by atoms with Crippen LogP contribution in [0.25, 0.3) is 0 Å². The number of hydrogen-bond acceptors (Lipinski definition) is 3. The number of hydrogen-bond donors (Lipinski definition) is 2. The lowest BCUT2D eigenvalue weighted by molar-refractivity contribution is 0.0272. The Balaban J connectivity index is 2.55. The maximum Gasteiger partial charge on any atom is 0.0578 e. The molecular formula is C12H26N2O. The Bertz CT molecular complexity index is 168. The SMILES string of the molecule is CCC(O)C1CC(N)CN(C(C)CC)C1. The molecule has 0 radical (unpaired) electrons. The summed E-state index contributed by atoms with van der Waals surface area (Å²) in [6.45, 7) is 8.49. The highest BCUT2D eigenvalue weighted by Crippen LogP contribution is 2.23. The molecule has 90 valence electrons. The van der Waals surface area contributed by atoms with E-state index < -0.39 is 0 Å². The third-order valence-electron chi connectivity index (χ3n) is 3.72. The Hall–Kier alpha value is -0.120. The Morgan fingerprint density at radius 3 is 2.53 bits per heavy atom. The highest BCUT2D eigenvalue weighted by molar-refractivity contribution is 4.86. The molecule has 0 aromatic heterocycles. The zero-order valence-electron chi connectivity index (χ0n) is 10.3. The molecule has 1 heterocycles. The first-order valence-electron chi connectivity index (χ1n) is 6.26. The lowest BCUT2D eigenvalue weighted by Gasteiger charge is -2.41. The van der Waals surface area contributed by atoms with Gasteiger partial charge in [0.25, 0.3) is 0 Å². The number of nitrogens with zero attached hydrogens (tertiary/aromatic N) is 1. The molecule has 3 nitrogen and oxygen atoms in total. The summed E-state index contributed by atoms with van der Waals surface area (Å²) < 4.78 is 0. The summed E-state index contributed by atoms with van der Waals surface area (Å²) in [7, 11) is 0. The molecule has 1 aliphatic heterocycles. The summed E-state index contributed by atoms with van der Waals surface area (Å²) in [5.41, 5.74) is 6.05. The molecule has 0 aromatic rings. The first-order chi connectivity index (χ1) is 7.08. The second kappa shape index (κ2) is 5.83. The predicted octanol–water partition coefficient (Wildman–Crippen LogP) is 1.20. The normalized spacial score (nSPS) is 32.6. The number of nitrogens with two attached hydrogens (primary N) is 1. The van der Waals surface area contributed by atoms with Gasteiger partial charge < -0.3 is 10.8 Å². The van der Waals surface area contributed by atoms with Gasteiger partial charge in [-0.2, -0.15) is 0 Å². The molecule has 4 unspecified atom stereocenters. The van der Waals surface area contributed by atoms with Crippen molar-refractivity contribution in [3.63, 3.8) is 0 Å². The Kier molecular flexibility index (Phi) is 5.03. The van der Waals surface area contributed by atoms with Gasteiger partial charge in [-0.05, 0) is 32.1 Å². The first kappa shape index (κ1) is 12.9. The summed E-state index contributed by atoms with van der Waals surface area (Å²) in [5, 5.41) is 9.89. The van der Waals surface area contributed by atoms with E-state index in [9.17, 15) is 5.11 Å². The van der Waals surface area contributed by atoms with Gasteiger partial charge in [-0.3, -0.25) is 4.90 Å². The van der Waals surface area contributed by atoms with Crippen LogP contribution in [0.3, 0.4) is 0 Å². The van der Waals surface area contributed by atoms with Crippen LogP contribution >= 0.6 is 0 Å². The van der Waals surface area contributed by atoms with Crippen LogP contribution in [0.1, 0.15) is 40.0 Å². The summed E-state index contributed by atoms with van der Waals surface area (Å²) >= 11 is 0. The maximum atomic E-state index is 9.89. The zero-order valence-corrected chi connectivity index (χ0v) is 10.3. The molecule has 0 spiro atoms. The van der Waals surface area contributed by atoms with Crippen molar-refractivity contribution in [3.8, 4) is 0 Å². The van der Waals surface area contributed by atoms with Crippen LogP contribution in [0.2, 0.25) is 0 Å². The van der Waals surface area contributed by atoms with Gasteiger partial charge in [0.05, 0.1) is 6.10 Å². The van der Waals surface area contributed by atoms with Crippen molar-refractivity contribution in [2.45, 2.75) is 58.2 Å². The van der Waals surface area contributed by atoms with Gasteiger partial charge in [-0.15, -0.1) is 0 Å². The smallest absolute Gasteiger partial charge is 0.0578 e. The molecular weight excluding hydrogens is 188 g/mol. The van der Waals surface area contributed by atoms with Crippen molar-refractivity contribution in [2.24, 2.45) is 11.7 Å². The lowest BCUT2D eigenvalue weighted by Crippen LogP contribution is -2.52. The molecule has 0 aliphatic carbocycles. The van der Waals surface area contributed by atoms with Gasteiger partial charge in [0.1, 0.15) is 0 Å². The van der Waals surface area contributed by atoms with Crippen LogP contribution in [0, 0.1) is 5.92 Å². The van der Waals surface area contributed by atoms with Crippen molar-refractivity contribution in [2.75, 3.05) is 13.1 Å². The number of aliphatic hydroxyl groups is 1. The number of aliphatic hydroxyl groups excluding tert-OH is 1. The largest absolute Gasteiger partial charge is 0.393 e. The molecule has 1 fully saturated rings. The van der Waals surface area contributed by atoms with Gasteiger partial charge in [0.15, 0.2) is 0 Å². The van der Waals surface area contributed by atoms with E-state index in [0.717, 1.165) is 32.4 Å². The molecule has 0 aromatic carbocycles. The van der Waals surface area contributed by atoms with E-state index in [1.807, 2.05) is 6.92 Å². The fraction of sp³-hybridized carbons (Fsp3) is 1.00. The topological polar surface area (TPSA) is 49.5 Å². The second-order valence-electron chi connectivity index (χ2n) is 4.94. The van der Waals surface area contributed by atoms with Crippen LogP contribution in [0.15, 0.2) is 0 Å². The van der Waals surface area contributed by atoms with Crippen molar-refractivity contribution < 1.29 is 5.11 Å². The number of likely N-dealkylation sites (tertiary alicyclic amines) is 1. The van der Waals surface area contributed by atoms with E-state index in [4.69, 9.17) is 5.73 Å². The predicted molar refractivity (Wildman–Crippen MR) is 63.7 cm³/mol. The van der Waals surface area contributed by atoms with E-state index in [-0.39, 0.29) is 12.1 Å². The van der Waals surface area contributed by atoms with Gasteiger partial charge >= 0.3 is 0 Å². The number of rotatable bonds is 4. The Morgan fingerprint density at radius 1 is 1.33 bits per heavy atom. The zero-order chi connectivity index (χ0) is 11.4. The van der Waals surface area contributed by atoms with Crippen LogP contribution in [0.4, 0.5) is 0 Å². The molecule has 1 saturated heterocycles. The molecule has 3 heteroatoms. The van der Waals surface area contributed by atoms with Crippen LogP contribution in [-0.2, 0) is 0 Å². The van der Waals surface area contributed by atoms with E-state index >= 15 is 0 Å². The fourth-order valence-corrected chi connectivity index (χ4v) is 2.45. The summed E-state index contributed by atoms with van der Waals surface area (Å²) in [4.78, 5) is 2.43. The average Bonchev–Trinajstić information content (AvgIpc) is 2.26. The van der Waals surface area contributed by atoms with Gasteiger partial charge in [0.2, 0.25) is 0 Å². The van der Waals surface area contributed by atoms with Crippen molar-refractivity contribution in [1.29, 1.82) is 0 Å². The monoisotopic (exact) mass is 214 g/mol. The van der Waals surface area contributed by atoms with Crippen LogP contribution in [-0.4, -0.2) is 41.3 Å². The third kappa shape index (κ3) is 3.44. The Labute approximate surface area is 93.6 Å². The van der Waals surface area contributed by atoms with E-state index in [0.29, 0.717) is 12.0 Å². The first-order valence-corrected chi connectivity index (χ1v) is 6.26. The maximum absolute atomic E-state index is 9.89. The molecule has 15 heavy (non-hydrogen) atoms. The lowest BCUT2D eigenvalue weighted by atomic mass is 9.88. The summed E-state index contributed by atoms with van der Waals surface area (Å²) in [6.07, 6.45) is 2.79. The quantitative estimate of drug-likeness (QED) is 0.739. The van der Waals surface area contributed by atoms with E-state index in [1.165, 1.54) is 0 Å². The Morgan fingerprint density at radius 2 is 2.00 bits per heavy atom. The average molecular weight is 214 g/mol. The highest BCUT2D eigenvalue weighted by atomic mass is 16.3. The third-order valence-corrected chi connectivity index (χ3v) is 3.72. The van der Waals surface area contributed by atoms with Crippen LogP contribution < -0.4 is 5.73 Å². The molecule has 4 atom stereocenters. The minimum atomic E-state index is -0.178. The second-order valence-corrected chi connectivity index (χ2v) is 4.94. The standard InChI is InChI=1S/C12H26N2O/c1-4-9(3)14-7-10(12(15)5-2)6-11(13)8-14/h9-12,15H,4-8,13H2,1-3H3. The molecule has 1 rings (SSSR count). The van der Waals surface area contributed by atoms with Crippen LogP contribution in [0.5, 0.6) is 0 Å². The van der Waals surface area contributed by atoms with Gasteiger partial charge in [-0.1, -0.05) is 13.8 Å². The molecule has 0 saturated carbocycles. The van der Waals surface area contributed by atoms with Crippen molar-refractivity contribution in [1.82, 2.24) is 4.90 Å². The molecule has 1 aliphatic rings. The number of piperidine rings is 1. The minimum absolute atomic E-state index is 0.178. The summed E-state index contributed by atoms with van der Waals surface area (Å²) in [5.74, 6) is 0.368. The highest BCUT2D eigenvalue weighted by Gasteiger charge is 2.30. The fourth-order valence-electron chi connectivity index (χ4n) is 2.45. The van der Waals surface area contributed by atoms with Crippen molar-refractivity contribution in [3.05, 3.63) is 0 Å². The van der Waals surface area contributed by atoms with Gasteiger partial charge in [0, 0.05) is 25.2 Å². The molecule has 0 bridgehead atoms. The summed E-state index contributed by atoms with van der Waals surface area (Å²) in [6, 6.07) is 0.821. The van der Waals surface area contributed by atoms with E-state index in [2.05, 4.69) is 18.7 Å². The van der Waals surface area contributed by atoms with E-state index in [1.54, 1.807) is 0 Å².